The Morgan fingerprint density at radius 2 is 1.95 bits per heavy atom. The van der Waals surface area contributed by atoms with Gasteiger partial charge in [-0.1, -0.05) is 42.3 Å². The Morgan fingerprint density at radius 1 is 1.18 bits per heavy atom. The molecule has 3 N–H and O–H groups in total. The number of aromatic nitrogens is 2. The van der Waals surface area contributed by atoms with Crippen LogP contribution in [0.3, 0.4) is 0 Å². The van der Waals surface area contributed by atoms with E-state index in [1.165, 1.54) is 13.3 Å². The van der Waals surface area contributed by atoms with Gasteiger partial charge in [0.2, 0.25) is 11.8 Å². The molecule has 0 radical (unpaired) electrons. The molecule has 2 aromatic carbocycles. The lowest BCUT2D eigenvalue weighted by Gasteiger charge is -2.37. The molecule has 2 aliphatic rings. The van der Waals surface area contributed by atoms with Crippen LogP contribution in [0.5, 0.6) is 17.4 Å². The first-order valence-corrected chi connectivity index (χ1v) is 15.4. The third-order valence-corrected chi connectivity index (χ3v) is 8.67. The number of aliphatic hydroxyl groups excluding tert-OH is 1. The van der Waals surface area contributed by atoms with Gasteiger partial charge >= 0.3 is 0 Å². The van der Waals surface area contributed by atoms with Crippen LogP contribution in [0.4, 0.5) is 11.6 Å². The number of ether oxygens (including phenoxy) is 2. The molecule has 1 atom stereocenters. The monoisotopic (exact) mass is 642 g/mol. The molecule has 0 spiro atoms. The van der Waals surface area contributed by atoms with Crippen LogP contribution in [0.15, 0.2) is 36.5 Å². The van der Waals surface area contributed by atoms with Crippen LogP contribution in [0.1, 0.15) is 58.9 Å². The number of nitrogens with zero attached hydrogens (tertiary/aromatic N) is 4. The Balaban J connectivity index is 1.28. The van der Waals surface area contributed by atoms with E-state index in [1.807, 2.05) is 12.1 Å². The van der Waals surface area contributed by atoms with Crippen molar-refractivity contribution >= 4 is 46.7 Å². The molecule has 5 rings (SSSR count). The number of carbonyl (C=O) groups is 2. The quantitative estimate of drug-likeness (QED) is 0.256. The second-order valence-corrected chi connectivity index (χ2v) is 11.7. The number of carbonyl (C=O) groups excluding carboxylic acids is 2. The number of hydrogen-bond acceptors (Lipinski definition) is 9. The number of hydrogen-bond donors (Lipinski definition) is 3. The van der Waals surface area contributed by atoms with E-state index in [0.29, 0.717) is 35.3 Å². The van der Waals surface area contributed by atoms with Crippen LogP contribution >= 0.6 is 23.2 Å². The van der Waals surface area contributed by atoms with Crippen molar-refractivity contribution in [1.29, 1.82) is 0 Å². The third kappa shape index (κ3) is 6.86. The summed E-state index contributed by atoms with van der Waals surface area (Å²) < 4.78 is 11.6. The summed E-state index contributed by atoms with van der Waals surface area (Å²) in [5.74, 6) is 0.491. The molecule has 11 nitrogen and oxygen atoms in total. The maximum atomic E-state index is 13.2. The molecule has 0 aliphatic carbocycles. The van der Waals surface area contributed by atoms with Crippen molar-refractivity contribution in [1.82, 2.24) is 25.1 Å². The molecule has 2 amide bonds. The molecule has 2 aliphatic heterocycles. The Labute approximate surface area is 266 Å². The lowest BCUT2D eigenvalue weighted by molar-refractivity contribution is 0.0813. The van der Waals surface area contributed by atoms with E-state index >= 15 is 0 Å². The summed E-state index contributed by atoms with van der Waals surface area (Å²) in [5.41, 5.74) is 2.05. The third-order valence-electron chi connectivity index (χ3n) is 8.09. The predicted octanol–water partition coefficient (Wildman–Crippen LogP) is 5.27. The zero-order valence-corrected chi connectivity index (χ0v) is 26.4. The molecule has 0 bridgehead atoms. The highest BCUT2D eigenvalue weighted by Gasteiger charge is 2.29. The SMILES string of the molecule is CCC(CCO)N1CCC(NC(=O)c2cc(OC)c(Nc3ncc(Cl)c(Oc4cccc5c4C(=O)N(C)C5)n3)cc2Cl)CC1. The molecule has 3 heterocycles. The zero-order valence-electron chi connectivity index (χ0n) is 24.9. The van der Waals surface area contributed by atoms with Gasteiger partial charge in [-0.05, 0) is 49.4 Å². The minimum Gasteiger partial charge on any atom is -0.495 e. The van der Waals surface area contributed by atoms with Crippen molar-refractivity contribution < 1.29 is 24.2 Å². The molecular formula is C31H36Cl2N6O5. The molecule has 13 heteroatoms. The van der Waals surface area contributed by atoms with Crippen molar-refractivity contribution in [3.8, 4) is 17.4 Å². The van der Waals surface area contributed by atoms with E-state index in [2.05, 4.69) is 32.4 Å². The maximum absolute atomic E-state index is 13.2. The van der Waals surface area contributed by atoms with Crippen molar-refractivity contribution in [2.24, 2.45) is 0 Å². The fourth-order valence-electron chi connectivity index (χ4n) is 5.72. The van der Waals surface area contributed by atoms with Gasteiger partial charge in [0, 0.05) is 45.4 Å². The molecular weight excluding hydrogens is 607 g/mol. The number of aliphatic hydroxyl groups is 1. The number of halogens is 2. The largest absolute Gasteiger partial charge is 0.495 e. The van der Waals surface area contributed by atoms with E-state index < -0.39 is 0 Å². The number of anilines is 2. The van der Waals surface area contributed by atoms with E-state index in [4.69, 9.17) is 32.7 Å². The number of benzene rings is 2. The zero-order chi connectivity index (χ0) is 31.4. The Bertz CT molecular complexity index is 1530. The fraction of sp³-hybridized carbons (Fsp3) is 0.419. The Hall–Kier alpha value is -3.64. The highest BCUT2D eigenvalue weighted by atomic mass is 35.5. The van der Waals surface area contributed by atoms with Crippen molar-refractivity contribution in [3.05, 3.63) is 63.3 Å². The van der Waals surface area contributed by atoms with Crippen LogP contribution in [-0.2, 0) is 6.54 Å². The average molecular weight is 644 g/mol. The Kier molecular flexibility index (Phi) is 10.1. The van der Waals surface area contributed by atoms with E-state index in [1.54, 1.807) is 30.1 Å². The molecule has 234 valence electrons. The van der Waals surface area contributed by atoms with E-state index in [-0.39, 0.29) is 51.9 Å². The summed E-state index contributed by atoms with van der Waals surface area (Å²) in [6.45, 7) is 4.52. The molecule has 1 saturated heterocycles. The van der Waals surface area contributed by atoms with Gasteiger partial charge in [0.25, 0.3) is 11.8 Å². The first-order valence-electron chi connectivity index (χ1n) is 14.6. The summed E-state index contributed by atoms with van der Waals surface area (Å²) >= 11 is 12.9. The summed E-state index contributed by atoms with van der Waals surface area (Å²) in [6, 6.07) is 8.91. The lowest BCUT2D eigenvalue weighted by Crippen LogP contribution is -2.48. The number of fused-ring (bicyclic) bond motifs is 1. The van der Waals surface area contributed by atoms with Gasteiger partial charge in [-0.2, -0.15) is 4.98 Å². The van der Waals surface area contributed by atoms with Crippen molar-refractivity contribution in [2.45, 2.75) is 51.2 Å². The Morgan fingerprint density at radius 3 is 2.66 bits per heavy atom. The minimum absolute atomic E-state index is 0.0210. The highest BCUT2D eigenvalue weighted by molar-refractivity contribution is 6.34. The summed E-state index contributed by atoms with van der Waals surface area (Å²) in [6.07, 6.45) is 4.76. The lowest BCUT2D eigenvalue weighted by atomic mass is 10.0. The van der Waals surface area contributed by atoms with Gasteiger partial charge < -0.3 is 35.0 Å². The van der Waals surface area contributed by atoms with Crippen LogP contribution in [0.2, 0.25) is 10.0 Å². The second kappa shape index (κ2) is 14.0. The van der Waals surface area contributed by atoms with Crippen LogP contribution in [0.25, 0.3) is 0 Å². The number of amides is 2. The van der Waals surface area contributed by atoms with Crippen LogP contribution in [0, 0.1) is 0 Å². The smallest absolute Gasteiger partial charge is 0.258 e. The van der Waals surface area contributed by atoms with Gasteiger partial charge in [-0.25, -0.2) is 4.98 Å². The fourth-order valence-corrected chi connectivity index (χ4v) is 6.10. The minimum atomic E-state index is -0.283. The number of likely N-dealkylation sites (tertiary alicyclic amines) is 1. The van der Waals surface area contributed by atoms with Crippen molar-refractivity contribution in [3.63, 3.8) is 0 Å². The van der Waals surface area contributed by atoms with Gasteiger partial charge in [0.05, 0.1) is 35.1 Å². The molecule has 1 aromatic heterocycles. The molecule has 1 unspecified atom stereocenters. The predicted molar refractivity (Wildman–Crippen MR) is 168 cm³/mol. The normalized spacial score (nSPS) is 16.0. The standard InChI is InChI=1S/C31H36Cl2N6O5/c1-4-20(10-13-40)39-11-8-19(9-12-39)35-28(41)21-14-26(43-3)24(15-22(21)32)36-31-34-16-23(33)29(37-31)44-25-7-5-6-18-17-38(2)30(42)27(18)25/h5-7,14-16,19-20,40H,4,8-13,17H2,1-3H3,(H,35,41)(H,34,36,37). The summed E-state index contributed by atoms with van der Waals surface area (Å²) in [4.78, 5) is 38.5. The van der Waals surface area contributed by atoms with Crippen LogP contribution in [-0.4, -0.2) is 82.6 Å². The van der Waals surface area contributed by atoms with Gasteiger partial charge in [0.15, 0.2) is 0 Å². The van der Waals surface area contributed by atoms with E-state index in [9.17, 15) is 14.7 Å². The van der Waals surface area contributed by atoms with E-state index in [0.717, 1.165) is 44.3 Å². The molecule has 1 fully saturated rings. The number of nitrogens with one attached hydrogen (secondary N) is 2. The summed E-state index contributed by atoms with van der Waals surface area (Å²) in [5, 5.41) is 15.9. The highest BCUT2D eigenvalue weighted by Crippen LogP contribution is 2.37. The van der Waals surface area contributed by atoms with Gasteiger partial charge in [0.1, 0.15) is 16.5 Å². The topological polar surface area (TPSA) is 129 Å². The number of piperidine rings is 1. The molecule has 3 aromatic rings. The second-order valence-electron chi connectivity index (χ2n) is 10.9. The van der Waals surface area contributed by atoms with Gasteiger partial charge in [-0.3, -0.25) is 9.59 Å². The summed E-state index contributed by atoms with van der Waals surface area (Å²) in [7, 11) is 3.22. The maximum Gasteiger partial charge on any atom is 0.258 e. The number of rotatable bonds is 11. The first kappa shape index (κ1) is 31.8. The molecule has 0 saturated carbocycles. The number of methoxy groups -OCH3 is 1. The van der Waals surface area contributed by atoms with Gasteiger partial charge in [-0.15, -0.1) is 0 Å². The molecule has 44 heavy (non-hydrogen) atoms. The van der Waals surface area contributed by atoms with Crippen molar-refractivity contribution in [2.75, 3.05) is 39.2 Å². The average Bonchev–Trinajstić information content (AvgIpc) is 3.31. The van der Waals surface area contributed by atoms with Crippen LogP contribution < -0.4 is 20.1 Å². The first-order chi connectivity index (χ1) is 21.2.